The van der Waals surface area contributed by atoms with Crippen molar-refractivity contribution in [2.45, 2.75) is 71.9 Å². The molecule has 0 N–H and O–H groups in total. The highest BCUT2D eigenvalue weighted by molar-refractivity contribution is 7.07. The molecule has 1 aromatic heterocycles. The summed E-state index contributed by atoms with van der Waals surface area (Å²) >= 11 is 1.19. The number of nitrogens with zero attached hydrogens (tertiary/aromatic N) is 3. The number of rotatable bonds is 10. The topological polar surface area (TPSA) is 90.2 Å². The summed E-state index contributed by atoms with van der Waals surface area (Å²) in [6.07, 6.45) is 5.07. The van der Waals surface area contributed by atoms with Crippen molar-refractivity contribution in [2.75, 3.05) is 18.6 Å². The lowest BCUT2D eigenvalue weighted by molar-refractivity contribution is -0.143. The number of fused-ring (bicyclic) bond motifs is 2. The third kappa shape index (κ3) is 5.45. The molecule has 0 spiro atoms. The Balaban J connectivity index is 1.67. The molecule has 1 unspecified atom stereocenters. The highest BCUT2D eigenvalue weighted by Gasteiger charge is 2.37. The second-order valence-corrected chi connectivity index (χ2v) is 11.9. The van der Waals surface area contributed by atoms with Crippen molar-refractivity contribution >= 4 is 34.5 Å². The molecule has 0 aliphatic carbocycles. The van der Waals surface area contributed by atoms with E-state index in [1.54, 1.807) is 44.9 Å². The summed E-state index contributed by atoms with van der Waals surface area (Å²) in [6, 6.07) is 14.1. The van der Waals surface area contributed by atoms with E-state index in [0.29, 0.717) is 44.0 Å². The number of ether oxygens (including phenoxy) is 2. The van der Waals surface area contributed by atoms with Crippen molar-refractivity contribution in [2.24, 2.45) is 4.99 Å². The van der Waals surface area contributed by atoms with Crippen LogP contribution in [0.5, 0.6) is 5.75 Å². The van der Waals surface area contributed by atoms with Crippen LogP contribution in [0.15, 0.2) is 69.6 Å². The third-order valence-corrected chi connectivity index (χ3v) is 8.68. The van der Waals surface area contributed by atoms with Gasteiger partial charge >= 0.3 is 5.97 Å². The van der Waals surface area contributed by atoms with E-state index in [9.17, 15) is 14.4 Å². The zero-order valence-corrected chi connectivity index (χ0v) is 25.6. The molecule has 9 heteroatoms. The van der Waals surface area contributed by atoms with Gasteiger partial charge in [0.1, 0.15) is 10.3 Å². The number of thiazole rings is 1. The van der Waals surface area contributed by atoms with E-state index in [2.05, 4.69) is 6.92 Å². The fourth-order valence-electron chi connectivity index (χ4n) is 5.61. The van der Waals surface area contributed by atoms with Crippen LogP contribution in [0.25, 0.3) is 5.57 Å². The Morgan fingerprint density at radius 3 is 2.43 bits per heavy atom. The molecule has 1 atom stereocenters. The molecule has 0 fully saturated rings. The number of methoxy groups -OCH3 is 1. The molecule has 42 heavy (non-hydrogen) atoms. The Morgan fingerprint density at radius 1 is 1.02 bits per heavy atom. The number of unbranched alkanes of at least 4 members (excludes halogenated alkanes) is 4. The van der Waals surface area contributed by atoms with E-state index >= 15 is 0 Å². The third-order valence-electron chi connectivity index (χ3n) is 7.63. The van der Waals surface area contributed by atoms with Gasteiger partial charge in [0.15, 0.2) is 4.80 Å². The molecular weight excluding hydrogens is 550 g/mol. The number of carbonyl (C=O) groups is 2. The Morgan fingerprint density at radius 2 is 1.74 bits per heavy atom. The molecule has 0 bridgehead atoms. The van der Waals surface area contributed by atoms with Crippen LogP contribution in [-0.4, -0.2) is 36.2 Å². The normalized spacial score (nSPS) is 17.3. The van der Waals surface area contributed by atoms with E-state index in [1.165, 1.54) is 22.3 Å². The minimum Gasteiger partial charge on any atom is -0.497 e. The zero-order chi connectivity index (χ0) is 30.0. The molecule has 0 saturated carbocycles. The minimum atomic E-state index is -0.769. The maximum Gasteiger partial charge on any atom is 0.338 e. The van der Waals surface area contributed by atoms with Gasteiger partial charge in [0.05, 0.1) is 41.8 Å². The van der Waals surface area contributed by atoms with Gasteiger partial charge in [-0.3, -0.25) is 14.2 Å². The molecule has 2 aromatic carbocycles. The number of anilines is 1. The Labute approximate surface area is 249 Å². The van der Waals surface area contributed by atoms with Crippen molar-refractivity contribution in [1.82, 2.24) is 4.57 Å². The largest absolute Gasteiger partial charge is 0.497 e. The molecular formula is C33H37N3O5S. The molecule has 2 aliphatic rings. The van der Waals surface area contributed by atoms with Crippen molar-refractivity contribution in [3.8, 4) is 5.75 Å². The van der Waals surface area contributed by atoms with Gasteiger partial charge in [-0.05, 0) is 51.0 Å². The van der Waals surface area contributed by atoms with Crippen LogP contribution in [-0.2, 0) is 14.3 Å². The Kier molecular flexibility index (Phi) is 8.77. The van der Waals surface area contributed by atoms with Crippen molar-refractivity contribution in [3.63, 3.8) is 0 Å². The van der Waals surface area contributed by atoms with Crippen LogP contribution in [0, 0.1) is 0 Å². The highest BCUT2D eigenvalue weighted by Crippen LogP contribution is 2.36. The molecule has 3 heterocycles. The fourth-order valence-corrected chi connectivity index (χ4v) is 6.74. The SMILES string of the molecule is CCCCCCCN1C(=O)/C(=c2/sc3n(c2=O)C(c2ccc(OC)cc2)C(C(=O)OC(C)C)=C(C)N=3)c2ccccc21. The number of amides is 1. The summed E-state index contributed by atoms with van der Waals surface area (Å²) in [5, 5.41) is 0. The quantitative estimate of drug-likeness (QED) is 0.249. The highest BCUT2D eigenvalue weighted by atomic mass is 32.1. The standard InChI is InChI=1S/C33H37N3O5S/c1-6-7-8-9-12-19-35-25-14-11-10-13-24(25)27(30(35)37)29-31(38)36-28(22-15-17-23(40-5)18-16-22)26(32(39)41-20(2)3)21(4)34-33(36)42-29/h10-11,13-18,20,28H,6-9,12,19H2,1-5H3/b29-27+. The smallest absolute Gasteiger partial charge is 0.338 e. The Bertz CT molecular complexity index is 1720. The predicted octanol–water partition coefficient (Wildman–Crippen LogP) is 4.88. The number of esters is 1. The Hall–Kier alpha value is -3.98. The minimum absolute atomic E-state index is 0.173. The van der Waals surface area contributed by atoms with Gasteiger partial charge in [-0.15, -0.1) is 0 Å². The van der Waals surface area contributed by atoms with Gasteiger partial charge in [-0.25, -0.2) is 9.79 Å². The van der Waals surface area contributed by atoms with Gasteiger partial charge < -0.3 is 14.4 Å². The molecule has 5 rings (SSSR count). The first-order chi connectivity index (χ1) is 20.3. The lowest BCUT2D eigenvalue weighted by Crippen LogP contribution is -2.41. The van der Waals surface area contributed by atoms with E-state index in [4.69, 9.17) is 14.5 Å². The number of allylic oxidation sites excluding steroid dienone is 1. The maximum absolute atomic E-state index is 14.3. The number of benzene rings is 2. The summed E-state index contributed by atoms with van der Waals surface area (Å²) in [6.45, 7) is 8.10. The first-order valence-corrected chi connectivity index (χ1v) is 15.4. The van der Waals surface area contributed by atoms with Crippen molar-refractivity contribution in [3.05, 3.63) is 90.6 Å². The van der Waals surface area contributed by atoms with E-state index in [0.717, 1.165) is 36.9 Å². The average molecular weight is 588 g/mol. The molecule has 220 valence electrons. The van der Waals surface area contributed by atoms with E-state index in [-0.39, 0.29) is 17.6 Å². The van der Waals surface area contributed by atoms with Crippen LogP contribution in [0.1, 0.15) is 77.0 Å². The average Bonchev–Trinajstić information content (AvgIpc) is 3.43. The second kappa shape index (κ2) is 12.5. The number of hydrogen-bond acceptors (Lipinski definition) is 7. The van der Waals surface area contributed by atoms with Crippen LogP contribution in [0.4, 0.5) is 5.69 Å². The van der Waals surface area contributed by atoms with Crippen LogP contribution in [0.3, 0.4) is 0 Å². The molecule has 0 radical (unpaired) electrons. The lowest BCUT2D eigenvalue weighted by atomic mass is 9.95. The summed E-state index contributed by atoms with van der Waals surface area (Å²) in [7, 11) is 1.58. The van der Waals surface area contributed by atoms with Crippen molar-refractivity contribution in [1.29, 1.82) is 0 Å². The van der Waals surface area contributed by atoms with Crippen LogP contribution < -0.4 is 24.5 Å². The van der Waals surface area contributed by atoms with Crippen molar-refractivity contribution < 1.29 is 19.1 Å². The summed E-state index contributed by atoms with van der Waals surface area (Å²) in [5.74, 6) is -0.0435. The van der Waals surface area contributed by atoms with Gasteiger partial charge in [0, 0.05) is 12.1 Å². The second-order valence-electron chi connectivity index (χ2n) is 10.9. The number of hydrogen-bond donors (Lipinski definition) is 0. The molecule has 3 aromatic rings. The molecule has 1 amide bonds. The van der Waals surface area contributed by atoms with Gasteiger partial charge in [0.2, 0.25) is 0 Å². The fraction of sp³-hybridized carbons (Fsp3) is 0.394. The van der Waals surface area contributed by atoms with Crippen LogP contribution in [0.2, 0.25) is 0 Å². The van der Waals surface area contributed by atoms with Gasteiger partial charge in [-0.1, -0.05) is 74.3 Å². The maximum atomic E-state index is 14.3. The zero-order valence-electron chi connectivity index (χ0n) is 24.8. The summed E-state index contributed by atoms with van der Waals surface area (Å²) < 4.78 is 12.8. The van der Waals surface area contributed by atoms with E-state index in [1.807, 2.05) is 36.4 Å². The lowest BCUT2D eigenvalue weighted by Gasteiger charge is -2.25. The van der Waals surface area contributed by atoms with Gasteiger partial charge in [-0.2, -0.15) is 0 Å². The molecule has 0 saturated heterocycles. The number of para-hydroxylation sites is 1. The van der Waals surface area contributed by atoms with E-state index < -0.39 is 12.0 Å². The molecule has 8 nitrogen and oxygen atoms in total. The molecule has 2 aliphatic heterocycles. The predicted molar refractivity (Wildman–Crippen MR) is 164 cm³/mol. The number of carbonyl (C=O) groups excluding carboxylic acids is 2. The first kappa shape index (κ1) is 29.5. The first-order valence-electron chi connectivity index (χ1n) is 14.6. The summed E-state index contributed by atoms with van der Waals surface area (Å²) in [4.78, 5) is 48.6. The monoisotopic (exact) mass is 587 g/mol. The number of aromatic nitrogens is 1. The van der Waals surface area contributed by atoms with Gasteiger partial charge in [0.25, 0.3) is 11.5 Å². The van der Waals surface area contributed by atoms with Crippen LogP contribution >= 0.6 is 11.3 Å². The summed E-state index contributed by atoms with van der Waals surface area (Å²) in [5.41, 5.74) is 3.09.